The fourth-order valence-electron chi connectivity index (χ4n) is 2.07. The number of fused-ring (bicyclic) bond motifs is 1. The highest BCUT2D eigenvalue weighted by Crippen LogP contribution is 2.18. The van der Waals surface area contributed by atoms with E-state index in [0.717, 1.165) is 18.4 Å². The quantitative estimate of drug-likeness (QED) is 0.657. The van der Waals surface area contributed by atoms with Crippen LogP contribution in [0.25, 0.3) is 0 Å². The lowest BCUT2D eigenvalue weighted by Gasteiger charge is -2.27. The summed E-state index contributed by atoms with van der Waals surface area (Å²) in [6.45, 7) is 2.04. The van der Waals surface area contributed by atoms with Gasteiger partial charge in [0.15, 0.2) is 0 Å². The standard InChI is InChI=1S/C14H17N3O2/c1-3-4-5-13-16-14(18)11-8-10(9-15-2)6-7-12(11)17(13)19/h6-9,17H,3-5H2,1-2H3. The van der Waals surface area contributed by atoms with Crippen LogP contribution in [0.1, 0.15) is 42.1 Å². The van der Waals surface area contributed by atoms with Crippen LogP contribution in [0.4, 0.5) is 5.69 Å². The summed E-state index contributed by atoms with van der Waals surface area (Å²) in [5.41, 5.74) is 1.64. The molecule has 0 radical (unpaired) electrons. The van der Waals surface area contributed by atoms with Crippen LogP contribution in [-0.4, -0.2) is 25.0 Å². The van der Waals surface area contributed by atoms with E-state index in [2.05, 4.69) is 9.98 Å². The van der Waals surface area contributed by atoms with Gasteiger partial charge in [-0.3, -0.25) is 14.9 Å². The third-order valence-corrected chi connectivity index (χ3v) is 3.06. The molecule has 1 amide bonds. The first-order valence-corrected chi connectivity index (χ1v) is 6.40. The van der Waals surface area contributed by atoms with Gasteiger partial charge in [0.2, 0.25) is 5.84 Å². The molecule has 0 saturated heterocycles. The molecule has 0 spiro atoms. The average Bonchev–Trinajstić information content (AvgIpc) is 2.41. The van der Waals surface area contributed by atoms with Crippen LogP contribution in [0, 0.1) is 5.21 Å². The second-order valence-electron chi connectivity index (χ2n) is 4.49. The molecule has 0 fully saturated rings. The molecule has 5 nitrogen and oxygen atoms in total. The Labute approximate surface area is 112 Å². The second kappa shape index (κ2) is 5.86. The Bertz CT molecular complexity index is 550. The highest BCUT2D eigenvalue weighted by molar-refractivity contribution is 6.08. The molecule has 1 atom stereocenters. The van der Waals surface area contributed by atoms with Crippen molar-refractivity contribution < 1.29 is 9.86 Å². The maximum Gasteiger partial charge on any atom is 0.287 e. The summed E-state index contributed by atoms with van der Waals surface area (Å²) in [5.74, 6) is 0.0586. The molecule has 0 aliphatic carbocycles. The monoisotopic (exact) mass is 259 g/mol. The number of carbonyl (C=O) groups is 1. The van der Waals surface area contributed by atoms with E-state index in [9.17, 15) is 10.0 Å². The van der Waals surface area contributed by atoms with Gasteiger partial charge in [0.05, 0.1) is 0 Å². The summed E-state index contributed by atoms with van der Waals surface area (Å²) >= 11 is 0. The summed E-state index contributed by atoms with van der Waals surface area (Å²) in [7, 11) is 1.66. The normalized spacial score (nSPS) is 18.6. The molecule has 1 aliphatic rings. The predicted octanol–water partition coefficient (Wildman–Crippen LogP) is 1.49. The van der Waals surface area contributed by atoms with Gasteiger partial charge in [0, 0.05) is 25.7 Å². The van der Waals surface area contributed by atoms with Gasteiger partial charge >= 0.3 is 0 Å². The summed E-state index contributed by atoms with van der Waals surface area (Å²) in [4.78, 5) is 19.8. The van der Waals surface area contributed by atoms with Crippen LogP contribution in [-0.2, 0) is 0 Å². The highest BCUT2D eigenvalue weighted by Gasteiger charge is 2.26. The van der Waals surface area contributed by atoms with E-state index in [4.69, 9.17) is 0 Å². The summed E-state index contributed by atoms with van der Waals surface area (Å²) in [6, 6.07) is 5.15. The van der Waals surface area contributed by atoms with Crippen molar-refractivity contribution in [3.63, 3.8) is 0 Å². The average molecular weight is 259 g/mol. The van der Waals surface area contributed by atoms with E-state index < -0.39 is 0 Å². The Morgan fingerprint density at radius 2 is 2.26 bits per heavy atom. The zero-order valence-electron chi connectivity index (χ0n) is 11.1. The van der Waals surface area contributed by atoms with Crippen molar-refractivity contribution in [1.29, 1.82) is 0 Å². The molecule has 1 heterocycles. The molecule has 19 heavy (non-hydrogen) atoms. The molecule has 5 heteroatoms. The molecular weight excluding hydrogens is 242 g/mol. The van der Waals surface area contributed by atoms with Gasteiger partial charge in [-0.05, 0) is 24.1 Å². The van der Waals surface area contributed by atoms with E-state index in [1.807, 2.05) is 6.92 Å². The number of amidine groups is 1. The second-order valence-corrected chi connectivity index (χ2v) is 4.49. The highest BCUT2D eigenvalue weighted by atomic mass is 16.5. The lowest BCUT2D eigenvalue weighted by atomic mass is 10.1. The molecule has 1 aliphatic heterocycles. The third-order valence-electron chi connectivity index (χ3n) is 3.06. The molecule has 0 saturated carbocycles. The van der Waals surface area contributed by atoms with Gasteiger partial charge in [0.25, 0.3) is 5.91 Å². The fraction of sp³-hybridized carbons (Fsp3) is 0.357. The van der Waals surface area contributed by atoms with E-state index in [1.54, 1.807) is 31.5 Å². The first kappa shape index (κ1) is 13.6. The molecule has 0 aromatic heterocycles. The van der Waals surface area contributed by atoms with Crippen LogP contribution in [0.3, 0.4) is 0 Å². The number of hydrogen-bond acceptors (Lipinski definition) is 3. The number of aliphatic imine (C=N–C) groups is 2. The number of rotatable bonds is 4. The van der Waals surface area contributed by atoms with E-state index >= 15 is 0 Å². The van der Waals surface area contributed by atoms with E-state index in [-0.39, 0.29) is 11.0 Å². The van der Waals surface area contributed by atoms with E-state index in [1.165, 1.54) is 0 Å². The van der Waals surface area contributed by atoms with Crippen molar-refractivity contribution in [3.05, 3.63) is 34.5 Å². The van der Waals surface area contributed by atoms with Crippen molar-refractivity contribution >= 4 is 23.6 Å². The molecular formula is C14H17N3O2. The largest absolute Gasteiger partial charge is 0.622 e. The maximum absolute atomic E-state index is 12.2. The number of unbranched alkanes of at least 4 members (excludes halogenated alkanes) is 1. The maximum atomic E-state index is 12.2. The number of benzene rings is 1. The molecule has 100 valence electrons. The number of carbonyl (C=O) groups excluding carboxylic acids is 1. The molecule has 0 bridgehead atoms. The van der Waals surface area contributed by atoms with Gasteiger partial charge in [-0.1, -0.05) is 13.3 Å². The molecule has 1 unspecified atom stereocenters. The molecule has 1 aromatic carbocycles. The topological polar surface area (TPSA) is 69.3 Å². The Balaban J connectivity index is 2.35. The van der Waals surface area contributed by atoms with Crippen molar-refractivity contribution in [2.75, 3.05) is 7.05 Å². The minimum Gasteiger partial charge on any atom is -0.622 e. The van der Waals surface area contributed by atoms with Gasteiger partial charge in [-0.2, -0.15) is 4.99 Å². The van der Waals surface area contributed by atoms with Crippen LogP contribution in [0.2, 0.25) is 0 Å². The van der Waals surface area contributed by atoms with Gasteiger partial charge in [-0.25, -0.2) is 0 Å². The Morgan fingerprint density at radius 3 is 2.95 bits per heavy atom. The van der Waals surface area contributed by atoms with Gasteiger partial charge in [-0.15, -0.1) is 0 Å². The van der Waals surface area contributed by atoms with Crippen LogP contribution >= 0.6 is 0 Å². The van der Waals surface area contributed by atoms with Crippen LogP contribution < -0.4 is 5.06 Å². The predicted molar refractivity (Wildman–Crippen MR) is 75.2 cm³/mol. The Kier molecular flexibility index (Phi) is 4.19. The lowest BCUT2D eigenvalue weighted by Crippen LogP contribution is -3.06. The summed E-state index contributed by atoms with van der Waals surface area (Å²) < 4.78 is 0. The fourth-order valence-corrected chi connectivity index (χ4v) is 2.07. The minimum atomic E-state index is -0.327. The van der Waals surface area contributed by atoms with Gasteiger partial charge < -0.3 is 5.21 Å². The van der Waals surface area contributed by atoms with Crippen LogP contribution in [0.5, 0.6) is 0 Å². The zero-order chi connectivity index (χ0) is 13.8. The first-order valence-electron chi connectivity index (χ1n) is 6.40. The Hall–Kier alpha value is -1.85. The summed E-state index contributed by atoms with van der Waals surface area (Å²) in [6.07, 6.45) is 4.06. The number of amides is 1. The van der Waals surface area contributed by atoms with Crippen molar-refractivity contribution in [1.82, 2.24) is 0 Å². The lowest BCUT2D eigenvalue weighted by molar-refractivity contribution is -0.670. The smallest absolute Gasteiger partial charge is 0.287 e. The van der Waals surface area contributed by atoms with Gasteiger partial charge in [0.1, 0.15) is 11.3 Å². The third kappa shape index (κ3) is 2.77. The van der Waals surface area contributed by atoms with Crippen molar-refractivity contribution in [2.24, 2.45) is 9.98 Å². The number of quaternary nitrogens is 1. The Morgan fingerprint density at radius 1 is 1.47 bits per heavy atom. The van der Waals surface area contributed by atoms with Crippen molar-refractivity contribution in [2.45, 2.75) is 26.2 Å². The number of nitrogens with zero attached hydrogens (tertiary/aromatic N) is 2. The van der Waals surface area contributed by atoms with Crippen LogP contribution in [0.15, 0.2) is 28.2 Å². The number of nitrogens with one attached hydrogen (secondary N) is 1. The minimum absolute atomic E-state index is 0.122. The molecule has 1 aromatic rings. The summed E-state index contributed by atoms with van der Waals surface area (Å²) in [5, 5.41) is 12.1. The van der Waals surface area contributed by atoms with E-state index in [0.29, 0.717) is 23.5 Å². The van der Waals surface area contributed by atoms with Crippen molar-refractivity contribution in [3.8, 4) is 0 Å². The molecule has 1 N–H and O–H groups in total. The molecule has 2 rings (SSSR count). The number of hydrogen-bond donors (Lipinski definition) is 1. The first-order chi connectivity index (χ1) is 9.17. The zero-order valence-corrected chi connectivity index (χ0v) is 11.1. The SMILES string of the molecule is CCCCC1=NC(=O)c2cc(C=NC)ccc2[NH+]1[O-]. The number of hydroxylamine groups is 1.